The first-order valence-corrected chi connectivity index (χ1v) is 11.2. The zero-order valence-electron chi connectivity index (χ0n) is 16.3. The molecule has 154 valence electrons. The van der Waals surface area contributed by atoms with E-state index in [-0.39, 0.29) is 23.0 Å². The van der Waals surface area contributed by atoms with Crippen molar-refractivity contribution < 1.29 is 22.7 Å². The molecule has 1 spiro atoms. The highest BCUT2D eigenvalue weighted by atomic mass is 32.2. The van der Waals surface area contributed by atoms with Gasteiger partial charge in [0.15, 0.2) is 0 Å². The van der Waals surface area contributed by atoms with E-state index in [9.17, 15) is 13.2 Å². The molecule has 3 aliphatic heterocycles. The smallest absolute Gasteiger partial charge is 0.243 e. The van der Waals surface area contributed by atoms with Crippen molar-refractivity contribution in [3.63, 3.8) is 0 Å². The molecule has 0 saturated carbocycles. The van der Waals surface area contributed by atoms with Crippen LogP contribution in [-0.4, -0.2) is 86.6 Å². The molecule has 3 aliphatic rings. The third kappa shape index (κ3) is 2.92. The zero-order valence-corrected chi connectivity index (χ0v) is 17.2. The Hall–Kier alpha value is -1.68. The minimum absolute atomic E-state index is 0.0269. The molecule has 1 aromatic rings. The summed E-state index contributed by atoms with van der Waals surface area (Å²) < 4.78 is 38.3. The molecule has 0 bridgehead atoms. The van der Waals surface area contributed by atoms with Crippen LogP contribution in [0.1, 0.15) is 19.8 Å². The van der Waals surface area contributed by atoms with Gasteiger partial charge in [0.05, 0.1) is 25.2 Å². The van der Waals surface area contributed by atoms with Gasteiger partial charge in [-0.3, -0.25) is 9.69 Å². The molecule has 1 atom stereocenters. The molecule has 0 aromatic heterocycles. The highest BCUT2D eigenvalue weighted by molar-refractivity contribution is 7.89. The number of hydrogen-bond donors (Lipinski definition) is 0. The van der Waals surface area contributed by atoms with E-state index in [4.69, 9.17) is 9.47 Å². The van der Waals surface area contributed by atoms with Crippen molar-refractivity contribution in [3.05, 3.63) is 24.3 Å². The quantitative estimate of drug-likeness (QED) is 0.730. The number of carbonyl (C=O) groups is 1. The SMILES string of the molecule is CCN1C(=O)[C@H]2CN(S(=O)(=O)c3ccc(OC)cc3)CCN2C12CCOCC2. The van der Waals surface area contributed by atoms with Gasteiger partial charge in [0.2, 0.25) is 15.9 Å². The Morgan fingerprint density at radius 1 is 1.18 bits per heavy atom. The predicted molar refractivity (Wildman–Crippen MR) is 102 cm³/mol. The number of amides is 1. The summed E-state index contributed by atoms with van der Waals surface area (Å²) in [7, 11) is -2.12. The van der Waals surface area contributed by atoms with Crippen LogP contribution >= 0.6 is 0 Å². The maximum Gasteiger partial charge on any atom is 0.243 e. The van der Waals surface area contributed by atoms with E-state index in [1.54, 1.807) is 31.4 Å². The third-order valence-corrected chi connectivity index (χ3v) is 8.12. The van der Waals surface area contributed by atoms with Crippen molar-refractivity contribution in [2.45, 2.75) is 36.4 Å². The first-order chi connectivity index (χ1) is 13.4. The number of ether oxygens (including phenoxy) is 2. The highest BCUT2D eigenvalue weighted by Gasteiger charge is 2.58. The summed E-state index contributed by atoms with van der Waals surface area (Å²) in [5.41, 5.74) is -0.329. The monoisotopic (exact) mass is 409 g/mol. The summed E-state index contributed by atoms with van der Waals surface area (Å²) in [6.07, 6.45) is 1.54. The van der Waals surface area contributed by atoms with Crippen LogP contribution in [-0.2, 0) is 19.6 Å². The second-order valence-corrected chi connectivity index (χ2v) is 9.36. The number of hydrogen-bond acceptors (Lipinski definition) is 6. The molecule has 0 unspecified atom stereocenters. The lowest BCUT2D eigenvalue weighted by Gasteiger charge is -2.48. The van der Waals surface area contributed by atoms with Crippen molar-refractivity contribution in [3.8, 4) is 5.75 Å². The first kappa shape index (κ1) is 19.6. The Bertz CT molecular complexity index is 836. The summed E-state index contributed by atoms with van der Waals surface area (Å²) in [6, 6.07) is 5.95. The van der Waals surface area contributed by atoms with Crippen molar-refractivity contribution in [2.24, 2.45) is 0 Å². The molecule has 3 saturated heterocycles. The van der Waals surface area contributed by atoms with E-state index in [1.165, 1.54) is 4.31 Å². The van der Waals surface area contributed by atoms with Gasteiger partial charge in [-0.15, -0.1) is 0 Å². The lowest BCUT2D eigenvalue weighted by Crippen LogP contribution is -2.62. The number of piperazine rings is 1. The van der Waals surface area contributed by atoms with Crippen LogP contribution in [0, 0.1) is 0 Å². The number of sulfonamides is 1. The Balaban J connectivity index is 1.59. The maximum atomic E-state index is 13.1. The topological polar surface area (TPSA) is 79.4 Å². The average Bonchev–Trinajstić information content (AvgIpc) is 2.95. The lowest BCUT2D eigenvalue weighted by atomic mass is 9.97. The molecular weight excluding hydrogens is 382 g/mol. The van der Waals surface area contributed by atoms with Gasteiger partial charge in [0.25, 0.3) is 0 Å². The molecule has 1 amide bonds. The fourth-order valence-electron chi connectivity index (χ4n) is 4.83. The fraction of sp³-hybridized carbons (Fsp3) is 0.632. The third-order valence-electron chi connectivity index (χ3n) is 6.24. The average molecular weight is 410 g/mol. The summed E-state index contributed by atoms with van der Waals surface area (Å²) in [5.74, 6) is 0.633. The summed E-state index contributed by atoms with van der Waals surface area (Å²) in [6.45, 7) is 4.96. The molecule has 9 heteroatoms. The normalized spacial score (nSPS) is 25.9. The predicted octanol–water partition coefficient (Wildman–Crippen LogP) is 0.739. The van der Waals surface area contributed by atoms with E-state index < -0.39 is 16.1 Å². The van der Waals surface area contributed by atoms with Gasteiger partial charge in [-0.2, -0.15) is 4.31 Å². The number of carbonyl (C=O) groups excluding carboxylic acids is 1. The molecule has 1 aromatic carbocycles. The number of methoxy groups -OCH3 is 1. The highest BCUT2D eigenvalue weighted by Crippen LogP contribution is 2.41. The minimum Gasteiger partial charge on any atom is -0.497 e. The number of nitrogens with zero attached hydrogens (tertiary/aromatic N) is 3. The Morgan fingerprint density at radius 3 is 2.46 bits per heavy atom. The second kappa shape index (κ2) is 7.29. The van der Waals surface area contributed by atoms with Crippen LogP contribution in [0.2, 0.25) is 0 Å². The molecule has 0 radical (unpaired) electrons. The Morgan fingerprint density at radius 2 is 1.86 bits per heavy atom. The first-order valence-electron chi connectivity index (χ1n) is 9.74. The largest absolute Gasteiger partial charge is 0.497 e. The maximum absolute atomic E-state index is 13.1. The molecule has 8 nitrogen and oxygen atoms in total. The van der Waals surface area contributed by atoms with E-state index >= 15 is 0 Å². The van der Waals surface area contributed by atoms with Crippen molar-refractivity contribution in [1.82, 2.24) is 14.1 Å². The van der Waals surface area contributed by atoms with Crippen LogP contribution in [0.5, 0.6) is 5.75 Å². The molecule has 3 fully saturated rings. The summed E-state index contributed by atoms with van der Waals surface area (Å²) in [5, 5.41) is 0. The van der Waals surface area contributed by atoms with E-state index in [1.807, 2.05) is 11.8 Å². The number of fused-ring (bicyclic) bond motifs is 2. The zero-order chi connectivity index (χ0) is 19.9. The second-order valence-electron chi connectivity index (χ2n) is 7.43. The van der Waals surface area contributed by atoms with Crippen LogP contribution in [0.3, 0.4) is 0 Å². The Labute approximate surface area is 166 Å². The standard InChI is InChI=1S/C19H27N3O5S/c1-3-21-18(23)17-14-20(10-11-22(17)19(21)8-12-27-13-9-19)28(24,25)16-6-4-15(26-2)5-7-16/h4-7,17H,3,8-14H2,1-2H3/t17-/m1/s1. The van der Waals surface area contributed by atoms with Crippen molar-refractivity contribution in [1.29, 1.82) is 0 Å². The van der Waals surface area contributed by atoms with E-state index in [0.717, 1.165) is 12.8 Å². The molecule has 0 aliphatic carbocycles. The van der Waals surface area contributed by atoms with Gasteiger partial charge in [-0.05, 0) is 31.2 Å². The summed E-state index contributed by atoms with van der Waals surface area (Å²) >= 11 is 0. The van der Waals surface area contributed by atoms with Crippen LogP contribution in [0.4, 0.5) is 0 Å². The van der Waals surface area contributed by atoms with Gasteiger partial charge in [-0.1, -0.05) is 0 Å². The van der Waals surface area contributed by atoms with Gasteiger partial charge in [-0.25, -0.2) is 8.42 Å². The van der Waals surface area contributed by atoms with Gasteiger partial charge >= 0.3 is 0 Å². The number of benzene rings is 1. The van der Waals surface area contributed by atoms with Gasteiger partial charge in [0.1, 0.15) is 17.5 Å². The molecule has 0 N–H and O–H groups in total. The van der Waals surface area contributed by atoms with Crippen LogP contribution in [0.25, 0.3) is 0 Å². The molecular formula is C19H27N3O5S. The molecule has 3 heterocycles. The van der Waals surface area contributed by atoms with E-state index in [2.05, 4.69) is 4.90 Å². The van der Waals surface area contributed by atoms with Crippen LogP contribution < -0.4 is 4.74 Å². The Kier molecular flexibility index (Phi) is 5.11. The lowest BCUT2D eigenvalue weighted by molar-refractivity contribution is -0.135. The van der Waals surface area contributed by atoms with Gasteiger partial charge in [0, 0.05) is 39.0 Å². The molecule has 4 rings (SSSR count). The van der Waals surface area contributed by atoms with E-state index in [0.29, 0.717) is 38.6 Å². The van der Waals surface area contributed by atoms with Crippen molar-refractivity contribution in [2.75, 3.05) is 46.5 Å². The number of rotatable bonds is 4. The van der Waals surface area contributed by atoms with Crippen LogP contribution in [0.15, 0.2) is 29.2 Å². The fourth-order valence-corrected chi connectivity index (χ4v) is 6.27. The van der Waals surface area contributed by atoms with Gasteiger partial charge < -0.3 is 14.4 Å². The number of likely N-dealkylation sites (N-methyl/N-ethyl adjacent to an activating group) is 1. The molecule has 28 heavy (non-hydrogen) atoms. The minimum atomic E-state index is -3.66. The van der Waals surface area contributed by atoms with Crippen molar-refractivity contribution >= 4 is 15.9 Å². The summed E-state index contributed by atoms with van der Waals surface area (Å²) in [4.78, 5) is 17.5.